The van der Waals surface area contributed by atoms with Gasteiger partial charge in [-0.15, -0.1) is 0 Å². The molecule has 4 nitrogen and oxygen atoms in total. The van der Waals surface area contributed by atoms with Crippen molar-refractivity contribution in [3.05, 3.63) is 82.0 Å². The highest BCUT2D eigenvalue weighted by molar-refractivity contribution is 9.10. The SMILES string of the molecule is N#Cc1ccc(C(=O)NCc2ccc(-c3ccc(Br)cc3)o2)cc1. The van der Waals surface area contributed by atoms with Crippen LogP contribution in [0, 0.1) is 11.3 Å². The van der Waals surface area contributed by atoms with Gasteiger partial charge in [-0.3, -0.25) is 4.79 Å². The van der Waals surface area contributed by atoms with E-state index < -0.39 is 0 Å². The summed E-state index contributed by atoms with van der Waals surface area (Å²) in [5, 5.41) is 11.6. The Morgan fingerprint density at radius 1 is 1.04 bits per heavy atom. The lowest BCUT2D eigenvalue weighted by atomic mass is 10.1. The molecule has 0 saturated heterocycles. The molecule has 5 heteroatoms. The molecule has 0 unspecified atom stereocenters. The summed E-state index contributed by atoms with van der Waals surface area (Å²) in [6, 6.07) is 20.1. The Hall–Kier alpha value is -2.84. The Kier molecular flexibility index (Phi) is 4.78. The van der Waals surface area contributed by atoms with E-state index in [1.807, 2.05) is 42.5 Å². The van der Waals surface area contributed by atoms with Gasteiger partial charge in [-0.25, -0.2) is 0 Å². The largest absolute Gasteiger partial charge is 0.459 e. The molecule has 2 aromatic carbocycles. The van der Waals surface area contributed by atoms with Crippen LogP contribution in [-0.2, 0) is 6.54 Å². The summed E-state index contributed by atoms with van der Waals surface area (Å²) in [4.78, 5) is 12.1. The monoisotopic (exact) mass is 380 g/mol. The van der Waals surface area contributed by atoms with E-state index in [1.165, 1.54) is 0 Å². The van der Waals surface area contributed by atoms with Crippen LogP contribution in [0.2, 0.25) is 0 Å². The standard InChI is InChI=1S/C19H13BrN2O2/c20-16-7-5-14(6-8-16)18-10-9-17(24-18)12-22-19(23)15-3-1-13(11-21)2-4-15/h1-10H,12H2,(H,22,23). The van der Waals surface area contributed by atoms with Crippen LogP contribution in [0.1, 0.15) is 21.7 Å². The fourth-order valence-corrected chi connectivity index (χ4v) is 2.47. The van der Waals surface area contributed by atoms with Crippen LogP contribution in [0.3, 0.4) is 0 Å². The second kappa shape index (κ2) is 7.16. The van der Waals surface area contributed by atoms with Gasteiger partial charge in [0.2, 0.25) is 0 Å². The van der Waals surface area contributed by atoms with E-state index in [0.29, 0.717) is 23.4 Å². The normalized spacial score (nSPS) is 10.2. The summed E-state index contributed by atoms with van der Waals surface area (Å²) in [5.41, 5.74) is 2.01. The zero-order chi connectivity index (χ0) is 16.9. The number of amides is 1. The molecule has 1 N–H and O–H groups in total. The third kappa shape index (κ3) is 3.73. The quantitative estimate of drug-likeness (QED) is 0.723. The first-order valence-corrected chi connectivity index (χ1v) is 8.08. The summed E-state index contributed by atoms with van der Waals surface area (Å²) in [6.07, 6.45) is 0. The maximum atomic E-state index is 12.1. The first kappa shape index (κ1) is 16.0. The average molecular weight is 381 g/mol. The number of hydrogen-bond donors (Lipinski definition) is 1. The van der Waals surface area contributed by atoms with Crippen molar-refractivity contribution in [2.45, 2.75) is 6.54 Å². The summed E-state index contributed by atoms with van der Waals surface area (Å²) < 4.78 is 6.77. The molecule has 0 aliphatic heterocycles. The van der Waals surface area contributed by atoms with Crippen molar-refractivity contribution in [3.63, 3.8) is 0 Å². The lowest BCUT2D eigenvalue weighted by molar-refractivity contribution is 0.0948. The highest BCUT2D eigenvalue weighted by Crippen LogP contribution is 2.24. The van der Waals surface area contributed by atoms with Crippen LogP contribution in [0.15, 0.2) is 69.6 Å². The maximum Gasteiger partial charge on any atom is 0.251 e. The number of nitrogens with zero attached hydrogens (tertiary/aromatic N) is 1. The molecule has 0 spiro atoms. The van der Waals surface area contributed by atoms with Crippen molar-refractivity contribution in [1.29, 1.82) is 5.26 Å². The summed E-state index contributed by atoms with van der Waals surface area (Å²) in [6.45, 7) is 0.301. The van der Waals surface area contributed by atoms with Crippen LogP contribution in [0.4, 0.5) is 0 Å². The third-order valence-electron chi connectivity index (χ3n) is 3.49. The van der Waals surface area contributed by atoms with Gasteiger partial charge < -0.3 is 9.73 Å². The highest BCUT2D eigenvalue weighted by Gasteiger charge is 2.08. The Morgan fingerprint density at radius 2 is 1.75 bits per heavy atom. The van der Waals surface area contributed by atoms with Gasteiger partial charge in [-0.2, -0.15) is 5.26 Å². The number of hydrogen-bond acceptors (Lipinski definition) is 3. The second-order valence-corrected chi connectivity index (χ2v) is 6.06. The van der Waals surface area contributed by atoms with Crippen LogP contribution >= 0.6 is 15.9 Å². The molecule has 24 heavy (non-hydrogen) atoms. The van der Waals surface area contributed by atoms with Gasteiger partial charge in [0.1, 0.15) is 11.5 Å². The van der Waals surface area contributed by atoms with Gasteiger partial charge in [-0.05, 0) is 48.5 Å². The average Bonchev–Trinajstić information content (AvgIpc) is 3.09. The Labute approximate surface area is 147 Å². The summed E-state index contributed by atoms with van der Waals surface area (Å²) >= 11 is 3.40. The van der Waals surface area contributed by atoms with Gasteiger partial charge in [0.25, 0.3) is 5.91 Å². The van der Waals surface area contributed by atoms with Crippen molar-refractivity contribution in [2.24, 2.45) is 0 Å². The molecule has 118 valence electrons. The number of nitriles is 1. The van der Waals surface area contributed by atoms with Crippen LogP contribution < -0.4 is 5.32 Å². The number of nitrogens with one attached hydrogen (secondary N) is 1. The van der Waals surface area contributed by atoms with Crippen LogP contribution in [0.25, 0.3) is 11.3 Å². The van der Waals surface area contributed by atoms with Crippen molar-refractivity contribution in [1.82, 2.24) is 5.32 Å². The van der Waals surface area contributed by atoms with Gasteiger partial charge in [0.05, 0.1) is 18.2 Å². The highest BCUT2D eigenvalue weighted by atomic mass is 79.9. The van der Waals surface area contributed by atoms with E-state index in [0.717, 1.165) is 15.8 Å². The van der Waals surface area contributed by atoms with Gasteiger partial charge in [-0.1, -0.05) is 28.1 Å². The van der Waals surface area contributed by atoms with Crippen LogP contribution in [-0.4, -0.2) is 5.91 Å². The maximum absolute atomic E-state index is 12.1. The molecule has 3 rings (SSSR count). The molecule has 3 aromatic rings. The number of benzene rings is 2. The zero-order valence-corrected chi connectivity index (χ0v) is 14.2. The Balaban J connectivity index is 1.63. The zero-order valence-electron chi connectivity index (χ0n) is 12.6. The number of furan rings is 1. The first-order chi connectivity index (χ1) is 11.7. The number of halogens is 1. The number of rotatable bonds is 4. The van der Waals surface area contributed by atoms with Crippen molar-refractivity contribution < 1.29 is 9.21 Å². The lowest BCUT2D eigenvalue weighted by Gasteiger charge is -2.03. The predicted octanol–water partition coefficient (Wildman–Crippen LogP) is 4.51. The molecular formula is C19H13BrN2O2. The van der Waals surface area contributed by atoms with E-state index in [4.69, 9.17) is 9.68 Å². The molecule has 0 radical (unpaired) electrons. The molecule has 0 fully saturated rings. The minimum Gasteiger partial charge on any atom is -0.459 e. The van der Waals surface area contributed by atoms with E-state index in [2.05, 4.69) is 21.2 Å². The summed E-state index contributed by atoms with van der Waals surface area (Å²) in [5.74, 6) is 1.22. The van der Waals surface area contributed by atoms with Crippen molar-refractivity contribution in [3.8, 4) is 17.4 Å². The molecular weight excluding hydrogens is 368 g/mol. The predicted molar refractivity (Wildman–Crippen MR) is 94.2 cm³/mol. The molecule has 1 aromatic heterocycles. The molecule has 1 heterocycles. The number of carbonyl (C=O) groups excluding carboxylic acids is 1. The fourth-order valence-electron chi connectivity index (χ4n) is 2.21. The third-order valence-corrected chi connectivity index (χ3v) is 4.02. The molecule has 0 saturated carbocycles. The topological polar surface area (TPSA) is 66.0 Å². The fraction of sp³-hybridized carbons (Fsp3) is 0.0526. The smallest absolute Gasteiger partial charge is 0.251 e. The van der Waals surface area contributed by atoms with E-state index in [9.17, 15) is 4.79 Å². The molecule has 0 bridgehead atoms. The summed E-state index contributed by atoms with van der Waals surface area (Å²) in [7, 11) is 0. The van der Waals surface area contributed by atoms with Gasteiger partial charge in [0.15, 0.2) is 0 Å². The van der Waals surface area contributed by atoms with E-state index >= 15 is 0 Å². The van der Waals surface area contributed by atoms with Gasteiger partial charge in [0, 0.05) is 15.6 Å². The van der Waals surface area contributed by atoms with E-state index in [1.54, 1.807) is 24.3 Å². The van der Waals surface area contributed by atoms with Crippen molar-refractivity contribution in [2.75, 3.05) is 0 Å². The second-order valence-electron chi connectivity index (χ2n) is 5.14. The minimum absolute atomic E-state index is 0.207. The molecule has 0 atom stereocenters. The minimum atomic E-state index is -0.207. The van der Waals surface area contributed by atoms with Gasteiger partial charge >= 0.3 is 0 Å². The van der Waals surface area contributed by atoms with Crippen LogP contribution in [0.5, 0.6) is 0 Å². The first-order valence-electron chi connectivity index (χ1n) is 7.29. The Bertz CT molecular complexity index is 890. The van der Waals surface area contributed by atoms with Crippen molar-refractivity contribution >= 4 is 21.8 Å². The molecule has 0 aliphatic rings. The Morgan fingerprint density at radius 3 is 2.42 bits per heavy atom. The van der Waals surface area contributed by atoms with E-state index in [-0.39, 0.29) is 5.91 Å². The molecule has 0 aliphatic carbocycles. The lowest BCUT2D eigenvalue weighted by Crippen LogP contribution is -2.22. The number of carbonyl (C=O) groups is 1. The molecule has 1 amide bonds.